The molecule has 0 unspecified atom stereocenters. The summed E-state index contributed by atoms with van der Waals surface area (Å²) in [7, 11) is 1.56. The zero-order chi connectivity index (χ0) is 17.8. The predicted molar refractivity (Wildman–Crippen MR) is 94.6 cm³/mol. The van der Waals surface area contributed by atoms with Gasteiger partial charge in [0, 0.05) is 6.21 Å². The summed E-state index contributed by atoms with van der Waals surface area (Å²) in [4.78, 5) is 30.4. The SMILES string of the molecule is COc1ccc(N=Cc2c(O)n(-c3ccccc3)c(=O)[nH]c2=O)cc1. The van der Waals surface area contributed by atoms with Gasteiger partial charge in [0.05, 0.1) is 18.5 Å². The van der Waals surface area contributed by atoms with Gasteiger partial charge in [-0.25, -0.2) is 9.36 Å². The van der Waals surface area contributed by atoms with E-state index in [2.05, 4.69) is 9.98 Å². The van der Waals surface area contributed by atoms with Crippen LogP contribution < -0.4 is 16.0 Å². The molecule has 0 radical (unpaired) electrons. The Hall–Kier alpha value is -3.61. The third-order valence-corrected chi connectivity index (χ3v) is 3.55. The summed E-state index contributed by atoms with van der Waals surface area (Å²) in [5.41, 5.74) is -0.557. The van der Waals surface area contributed by atoms with Gasteiger partial charge in [-0.15, -0.1) is 0 Å². The smallest absolute Gasteiger partial charge is 0.335 e. The molecule has 0 amide bonds. The van der Waals surface area contributed by atoms with E-state index < -0.39 is 17.1 Å². The van der Waals surface area contributed by atoms with E-state index in [1.54, 1.807) is 61.7 Å². The van der Waals surface area contributed by atoms with Crippen LogP contribution in [0.5, 0.6) is 11.6 Å². The number of aromatic hydroxyl groups is 1. The second-order valence-corrected chi connectivity index (χ2v) is 5.12. The summed E-state index contributed by atoms with van der Waals surface area (Å²) >= 11 is 0. The standard InChI is InChI=1S/C18H15N3O4/c1-25-14-9-7-12(8-10-14)19-11-15-16(22)20-18(24)21(17(15)23)13-5-3-2-4-6-13/h2-11,23H,1H3,(H,20,22,24). The number of aliphatic imine (C=N–C) groups is 1. The van der Waals surface area contributed by atoms with Crippen LogP contribution in [0.1, 0.15) is 5.56 Å². The van der Waals surface area contributed by atoms with E-state index in [0.717, 1.165) is 4.57 Å². The van der Waals surface area contributed by atoms with Gasteiger partial charge in [-0.3, -0.25) is 14.8 Å². The molecule has 2 N–H and O–H groups in total. The highest BCUT2D eigenvalue weighted by molar-refractivity contribution is 5.84. The number of nitrogens with one attached hydrogen (secondary N) is 1. The van der Waals surface area contributed by atoms with Crippen molar-refractivity contribution in [1.29, 1.82) is 0 Å². The number of aromatic nitrogens is 2. The minimum Gasteiger partial charge on any atom is -0.497 e. The molecule has 3 aromatic rings. The summed E-state index contributed by atoms with van der Waals surface area (Å²) in [6.07, 6.45) is 1.22. The van der Waals surface area contributed by atoms with E-state index in [9.17, 15) is 14.7 Å². The first-order valence-corrected chi connectivity index (χ1v) is 7.42. The van der Waals surface area contributed by atoms with E-state index >= 15 is 0 Å². The molecule has 3 rings (SSSR count). The topological polar surface area (TPSA) is 96.7 Å². The molecular weight excluding hydrogens is 322 g/mol. The monoisotopic (exact) mass is 337 g/mol. The van der Waals surface area contributed by atoms with Gasteiger partial charge in [-0.2, -0.15) is 0 Å². The number of hydrogen-bond acceptors (Lipinski definition) is 5. The Kier molecular flexibility index (Phi) is 4.47. The highest BCUT2D eigenvalue weighted by Crippen LogP contribution is 2.19. The van der Waals surface area contributed by atoms with Crippen molar-refractivity contribution in [3.8, 4) is 17.3 Å². The molecule has 126 valence electrons. The van der Waals surface area contributed by atoms with Crippen LogP contribution in [0, 0.1) is 0 Å². The molecule has 7 nitrogen and oxygen atoms in total. The minimum atomic E-state index is -0.727. The molecule has 0 bridgehead atoms. The van der Waals surface area contributed by atoms with Crippen molar-refractivity contribution < 1.29 is 9.84 Å². The number of methoxy groups -OCH3 is 1. The van der Waals surface area contributed by atoms with Gasteiger partial charge in [-0.05, 0) is 36.4 Å². The zero-order valence-electron chi connectivity index (χ0n) is 13.3. The lowest BCUT2D eigenvalue weighted by atomic mass is 10.2. The average Bonchev–Trinajstić information content (AvgIpc) is 2.62. The Morgan fingerprint density at radius 2 is 1.76 bits per heavy atom. The van der Waals surface area contributed by atoms with Gasteiger partial charge in [0.1, 0.15) is 11.3 Å². The first-order valence-electron chi connectivity index (χ1n) is 7.42. The number of benzene rings is 2. The Bertz CT molecular complexity index is 1020. The normalized spacial score (nSPS) is 10.9. The molecule has 0 fully saturated rings. The van der Waals surface area contributed by atoms with Crippen LogP contribution in [0.3, 0.4) is 0 Å². The predicted octanol–water partition coefficient (Wildman–Crippen LogP) is 1.99. The van der Waals surface area contributed by atoms with Gasteiger partial charge in [0.15, 0.2) is 0 Å². The quantitative estimate of drug-likeness (QED) is 0.712. The van der Waals surface area contributed by atoms with Crippen LogP contribution >= 0.6 is 0 Å². The lowest BCUT2D eigenvalue weighted by Gasteiger charge is -2.09. The number of nitrogens with zero attached hydrogens (tertiary/aromatic N) is 2. The molecule has 1 heterocycles. The minimum absolute atomic E-state index is 0.112. The largest absolute Gasteiger partial charge is 0.497 e. The fraction of sp³-hybridized carbons (Fsp3) is 0.0556. The Morgan fingerprint density at radius 1 is 1.08 bits per heavy atom. The molecule has 0 aliphatic carbocycles. The highest BCUT2D eigenvalue weighted by Gasteiger charge is 2.13. The maximum Gasteiger partial charge on any atom is 0.335 e. The molecule has 0 atom stereocenters. The fourth-order valence-electron chi connectivity index (χ4n) is 2.28. The molecule has 1 aromatic heterocycles. The summed E-state index contributed by atoms with van der Waals surface area (Å²) in [5, 5.41) is 10.4. The van der Waals surface area contributed by atoms with E-state index in [1.165, 1.54) is 6.21 Å². The molecule has 0 aliphatic heterocycles. The Morgan fingerprint density at radius 3 is 2.40 bits per heavy atom. The van der Waals surface area contributed by atoms with Crippen LogP contribution in [-0.4, -0.2) is 28.0 Å². The lowest BCUT2D eigenvalue weighted by Crippen LogP contribution is -2.31. The van der Waals surface area contributed by atoms with Gasteiger partial charge in [0.25, 0.3) is 5.56 Å². The second-order valence-electron chi connectivity index (χ2n) is 5.12. The van der Waals surface area contributed by atoms with Gasteiger partial charge < -0.3 is 9.84 Å². The zero-order valence-corrected chi connectivity index (χ0v) is 13.3. The van der Waals surface area contributed by atoms with Gasteiger partial charge in [-0.1, -0.05) is 18.2 Å². The average molecular weight is 337 g/mol. The van der Waals surface area contributed by atoms with Crippen molar-refractivity contribution in [3.63, 3.8) is 0 Å². The first-order chi connectivity index (χ1) is 12.1. The molecule has 0 saturated carbocycles. The van der Waals surface area contributed by atoms with Gasteiger partial charge in [0.2, 0.25) is 5.88 Å². The fourth-order valence-corrected chi connectivity index (χ4v) is 2.28. The van der Waals surface area contributed by atoms with E-state index in [1.807, 2.05) is 0 Å². The number of H-pyrrole nitrogens is 1. The second kappa shape index (κ2) is 6.88. The van der Waals surface area contributed by atoms with Crippen LogP contribution in [0.15, 0.2) is 69.2 Å². The summed E-state index contributed by atoms with van der Waals surface area (Å²) in [5.74, 6) is 0.203. The van der Waals surface area contributed by atoms with E-state index in [0.29, 0.717) is 17.1 Å². The third-order valence-electron chi connectivity index (χ3n) is 3.55. The third kappa shape index (κ3) is 3.35. The number of aromatic amines is 1. The molecule has 25 heavy (non-hydrogen) atoms. The van der Waals surface area contributed by atoms with Gasteiger partial charge >= 0.3 is 5.69 Å². The Balaban J connectivity index is 2.05. The van der Waals surface area contributed by atoms with Crippen LogP contribution in [0.25, 0.3) is 5.69 Å². The number of rotatable bonds is 4. The molecule has 0 aliphatic rings. The van der Waals surface area contributed by atoms with Crippen LogP contribution in [0.4, 0.5) is 5.69 Å². The summed E-state index contributed by atoms with van der Waals surface area (Å²) in [6.45, 7) is 0. The van der Waals surface area contributed by atoms with Crippen LogP contribution in [-0.2, 0) is 0 Å². The van der Waals surface area contributed by atoms with Crippen molar-refractivity contribution in [2.45, 2.75) is 0 Å². The van der Waals surface area contributed by atoms with Crippen molar-refractivity contribution in [2.75, 3.05) is 7.11 Å². The van der Waals surface area contributed by atoms with E-state index in [4.69, 9.17) is 4.74 Å². The summed E-state index contributed by atoms with van der Waals surface area (Å²) < 4.78 is 6.07. The number of ether oxygens (including phenoxy) is 1. The van der Waals surface area contributed by atoms with Crippen molar-refractivity contribution in [1.82, 2.24) is 9.55 Å². The first kappa shape index (κ1) is 16.3. The molecule has 0 saturated heterocycles. The van der Waals surface area contributed by atoms with E-state index in [-0.39, 0.29) is 5.56 Å². The molecular formula is C18H15N3O4. The summed E-state index contributed by atoms with van der Waals surface area (Å²) in [6, 6.07) is 15.4. The molecule has 7 heteroatoms. The molecule has 0 spiro atoms. The van der Waals surface area contributed by atoms with Crippen LogP contribution in [0.2, 0.25) is 0 Å². The maximum absolute atomic E-state index is 12.0. The van der Waals surface area contributed by atoms with Crippen molar-refractivity contribution >= 4 is 11.9 Å². The molecule has 2 aromatic carbocycles. The van der Waals surface area contributed by atoms with Crippen molar-refractivity contribution in [2.24, 2.45) is 4.99 Å². The number of hydrogen-bond donors (Lipinski definition) is 2. The highest BCUT2D eigenvalue weighted by atomic mass is 16.5. The Labute approximate surface area is 142 Å². The van der Waals surface area contributed by atoms with Crippen molar-refractivity contribution in [3.05, 3.63) is 81.0 Å². The lowest BCUT2D eigenvalue weighted by molar-refractivity contribution is 0.415. The number of para-hydroxylation sites is 1. The maximum atomic E-state index is 12.0.